The Kier molecular flexibility index (Phi) is 3.29. The highest BCUT2D eigenvalue weighted by atomic mass is 79.9. The first kappa shape index (κ1) is 10.2. The number of alkyl halides is 1. The molecule has 2 heterocycles. The molecular formula is C10H12BrClN2. The van der Waals surface area contributed by atoms with Crippen LogP contribution in [0.15, 0.2) is 18.3 Å². The standard InChI is InChI=1S/C10H12BrClN2/c11-6-9-2-1-5-14(9)10-4-3-8(12)7-13-10/h3-4,7,9H,1-2,5-6H2. The van der Waals surface area contributed by atoms with Crippen LogP contribution in [0.25, 0.3) is 0 Å². The molecule has 76 valence electrons. The fraction of sp³-hybridized carbons (Fsp3) is 0.500. The van der Waals surface area contributed by atoms with E-state index in [1.807, 2.05) is 12.1 Å². The minimum absolute atomic E-state index is 0.587. The lowest BCUT2D eigenvalue weighted by Gasteiger charge is -2.23. The Hall–Kier alpha value is -0.280. The Morgan fingerprint density at radius 1 is 1.57 bits per heavy atom. The first-order chi connectivity index (χ1) is 6.81. The highest BCUT2D eigenvalue weighted by Crippen LogP contribution is 2.25. The minimum Gasteiger partial charge on any atom is -0.353 e. The lowest BCUT2D eigenvalue weighted by atomic mass is 10.2. The van der Waals surface area contributed by atoms with Crippen molar-refractivity contribution in [3.63, 3.8) is 0 Å². The molecule has 1 fully saturated rings. The van der Waals surface area contributed by atoms with Crippen molar-refractivity contribution in [1.82, 2.24) is 4.98 Å². The zero-order valence-corrected chi connectivity index (χ0v) is 10.1. The van der Waals surface area contributed by atoms with Crippen molar-refractivity contribution >= 4 is 33.3 Å². The quantitative estimate of drug-likeness (QED) is 0.771. The first-order valence-electron chi connectivity index (χ1n) is 4.75. The van der Waals surface area contributed by atoms with Gasteiger partial charge in [0.2, 0.25) is 0 Å². The molecule has 1 aliphatic heterocycles. The van der Waals surface area contributed by atoms with Crippen LogP contribution in [0.5, 0.6) is 0 Å². The number of nitrogens with zero attached hydrogens (tertiary/aromatic N) is 2. The molecule has 1 unspecified atom stereocenters. The molecule has 0 radical (unpaired) electrons. The molecule has 2 nitrogen and oxygen atoms in total. The van der Waals surface area contributed by atoms with E-state index in [-0.39, 0.29) is 0 Å². The summed E-state index contributed by atoms with van der Waals surface area (Å²) in [7, 11) is 0. The zero-order valence-electron chi connectivity index (χ0n) is 7.79. The van der Waals surface area contributed by atoms with Crippen LogP contribution in [-0.2, 0) is 0 Å². The Morgan fingerprint density at radius 3 is 3.07 bits per heavy atom. The highest BCUT2D eigenvalue weighted by molar-refractivity contribution is 9.09. The monoisotopic (exact) mass is 274 g/mol. The fourth-order valence-corrected chi connectivity index (χ4v) is 2.62. The summed E-state index contributed by atoms with van der Waals surface area (Å²) in [6.07, 6.45) is 4.20. The van der Waals surface area contributed by atoms with E-state index >= 15 is 0 Å². The minimum atomic E-state index is 0.587. The van der Waals surface area contributed by atoms with Gasteiger partial charge in [0.25, 0.3) is 0 Å². The maximum Gasteiger partial charge on any atom is 0.128 e. The molecule has 1 aliphatic rings. The fourth-order valence-electron chi connectivity index (χ4n) is 1.84. The third-order valence-electron chi connectivity index (χ3n) is 2.56. The van der Waals surface area contributed by atoms with Gasteiger partial charge in [0.15, 0.2) is 0 Å². The molecule has 0 spiro atoms. The van der Waals surface area contributed by atoms with Gasteiger partial charge in [-0.25, -0.2) is 4.98 Å². The number of pyridine rings is 1. The van der Waals surface area contributed by atoms with Gasteiger partial charge in [-0.1, -0.05) is 27.5 Å². The van der Waals surface area contributed by atoms with Gasteiger partial charge in [-0.2, -0.15) is 0 Å². The van der Waals surface area contributed by atoms with E-state index < -0.39 is 0 Å². The number of aromatic nitrogens is 1. The lowest BCUT2D eigenvalue weighted by Crippen LogP contribution is -2.30. The topological polar surface area (TPSA) is 16.1 Å². The van der Waals surface area contributed by atoms with Crippen molar-refractivity contribution in [3.8, 4) is 0 Å². The average molecular weight is 276 g/mol. The van der Waals surface area contributed by atoms with Gasteiger partial charge in [0, 0.05) is 24.1 Å². The van der Waals surface area contributed by atoms with Crippen LogP contribution in [0.4, 0.5) is 5.82 Å². The van der Waals surface area contributed by atoms with E-state index in [1.165, 1.54) is 12.8 Å². The summed E-state index contributed by atoms with van der Waals surface area (Å²) in [5.74, 6) is 1.04. The van der Waals surface area contributed by atoms with Gasteiger partial charge in [0.05, 0.1) is 5.02 Å². The SMILES string of the molecule is Clc1ccc(N2CCCC2CBr)nc1. The first-order valence-corrected chi connectivity index (χ1v) is 6.25. The van der Waals surface area contributed by atoms with Gasteiger partial charge < -0.3 is 4.90 Å². The predicted molar refractivity (Wildman–Crippen MR) is 63.4 cm³/mol. The smallest absolute Gasteiger partial charge is 0.128 e. The third kappa shape index (κ3) is 2.04. The van der Waals surface area contributed by atoms with Gasteiger partial charge in [-0.3, -0.25) is 0 Å². The number of hydrogen-bond acceptors (Lipinski definition) is 2. The van der Waals surface area contributed by atoms with E-state index in [4.69, 9.17) is 11.6 Å². The van der Waals surface area contributed by atoms with Crippen LogP contribution in [-0.4, -0.2) is 22.9 Å². The average Bonchev–Trinajstić information content (AvgIpc) is 2.67. The lowest BCUT2D eigenvalue weighted by molar-refractivity contribution is 0.742. The Labute approximate surface area is 97.4 Å². The second-order valence-corrected chi connectivity index (χ2v) is 4.56. The van der Waals surface area contributed by atoms with Gasteiger partial charge in [-0.15, -0.1) is 0 Å². The van der Waals surface area contributed by atoms with Crippen LogP contribution < -0.4 is 4.90 Å². The van der Waals surface area contributed by atoms with E-state index in [9.17, 15) is 0 Å². The van der Waals surface area contributed by atoms with Gasteiger partial charge in [-0.05, 0) is 25.0 Å². The second-order valence-electron chi connectivity index (χ2n) is 3.48. The molecule has 2 rings (SSSR count). The summed E-state index contributed by atoms with van der Waals surface area (Å²) in [5, 5.41) is 1.71. The summed E-state index contributed by atoms with van der Waals surface area (Å²) in [6.45, 7) is 1.10. The van der Waals surface area contributed by atoms with Crippen molar-refractivity contribution in [1.29, 1.82) is 0 Å². The molecule has 1 saturated heterocycles. The largest absolute Gasteiger partial charge is 0.353 e. The van der Waals surface area contributed by atoms with Crippen LogP contribution in [0.1, 0.15) is 12.8 Å². The van der Waals surface area contributed by atoms with Crippen LogP contribution in [0.3, 0.4) is 0 Å². The van der Waals surface area contributed by atoms with E-state index in [1.54, 1.807) is 6.20 Å². The molecule has 0 saturated carbocycles. The molecule has 0 aromatic carbocycles. The van der Waals surface area contributed by atoms with E-state index in [0.29, 0.717) is 11.1 Å². The van der Waals surface area contributed by atoms with E-state index in [0.717, 1.165) is 17.7 Å². The Bertz CT molecular complexity index is 301. The van der Waals surface area contributed by atoms with Gasteiger partial charge in [0.1, 0.15) is 5.82 Å². The highest BCUT2D eigenvalue weighted by Gasteiger charge is 2.24. The Balaban J connectivity index is 2.17. The summed E-state index contributed by atoms with van der Waals surface area (Å²) >= 11 is 9.33. The zero-order chi connectivity index (χ0) is 9.97. The summed E-state index contributed by atoms with van der Waals surface area (Å²) in [6, 6.07) is 4.47. The van der Waals surface area contributed by atoms with Crippen molar-refractivity contribution < 1.29 is 0 Å². The molecule has 4 heteroatoms. The molecule has 14 heavy (non-hydrogen) atoms. The maximum absolute atomic E-state index is 5.80. The molecule has 0 N–H and O–H groups in total. The Morgan fingerprint density at radius 2 is 2.43 bits per heavy atom. The van der Waals surface area contributed by atoms with Crippen molar-refractivity contribution in [2.45, 2.75) is 18.9 Å². The van der Waals surface area contributed by atoms with Crippen LogP contribution in [0.2, 0.25) is 5.02 Å². The number of anilines is 1. The number of hydrogen-bond donors (Lipinski definition) is 0. The second kappa shape index (κ2) is 4.49. The molecule has 1 aromatic rings. The van der Waals surface area contributed by atoms with Crippen molar-refractivity contribution in [2.75, 3.05) is 16.8 Å². The van der Waals surface area contributed by atoms with Gasteiger partial charge >= 0.3 is 0 Å². The molecular weight excluding hydrogens is 263 g/mol. The van der Waals surface area contributed by atoms with Crippen molar-refractivity contribution in [2.24, 2.45) is 0 Å². The molecule has 1 aromatic heterocycles. The molecule has 1 atom stereocenters. The summed E-state index contributed by atoms with van der Waals surface area (Å²) < 4.78 is 0. The molecule has 0 amide bonds. The predicted octanol–water partition coefficient (Wildman–Crippen LogP) is 3.10. The number of halogens is 2. The maximum atomic E-state index is 5.80. The summed E-state index contributed by atoms with van der Waals surface area (Å²) in [4.78, 5) is 6.67. The normalized spacial score (nSPS) is 21.6. The number of rotatable bonds is 2. The van der Waals surface area contributed by atoms with Crippen molar-refractivity contribution in [3.05, 3.63) is 23.4 Å². The van der Waals surface area contributed by atoms with Crippen LogP contribution in [0, 0.1) is 0 Å². The molecule has 0 aliphatic carbocycles. The summed E-state index contributed by atoms with van der Waals surface area (Å²) in [5.41, 5.74) is 0. The van der Waals surface area contributed by atoms with E-state index in [2.05, 4.69) is 25.8 Å². The van der Waals surface area contributed by atoms with Crippen LogP contribution >= 0.6 is 27.5 Å². The third-order valence-corrected chi connectivity index (χ3v) is 3.53. The molecule has 0 bridgehead atoms.